The predicted molar refractivity (Wildman–Crippen MR) is 29.3 cm³/mol. The van der Waals surface area contributed by atoms with Crippen molar-refractivity contribution < 1.29 is 138 Å². The van der Waals surface area contributed by atoms with E-state index in [4.69, 9.17) is 30.0 Å². The van der Waals surface area contributed by atoms with E-state index in [2.05, 4.69) is 0 Å². The normalized spacial score (nSPS) is 9.00. The minimum atomic E-state index is -2.19. The number of carbonyl (C=O) groups is 3. The Morgan fingerprint density at radius 1 is 1.07 bits per heavy atom. The molecule has 0 saturated carbocycles. The van der Waals surface area contributed by atoms with Crippen molar-refractivity contribution in [3.8, 4) is 0 Å². The third-order valence-corrected chi connectivity index (χ3v) is 0.524. The van der Waals surface area contributed by atoms with Crippen LogP contribution in [0.3, 0.4) is 0 Å². The fraction of sp³-hybridized carbons (Fsp3) is 0.400. The van der Waals surface area contributed by atoms with Crippen LogP contribution in [-0.2, 0) is 14.4 Å². The summed E-state index contributed by atoms with van der Waals surface area (Å²) in [7, 11) is 0. The quantitative estimate of drug-likeness (QED) is 0.351. The number of aliphatic carboxylic acids is 3. The van der Waals surface area contributed by atoms with E-state index in [1.165, 1.54) is 6.92 Å². The molecular weight excluding hydrogens is 250 g/mol. The molecule has 0 aliphatic carbocycles. The second kappa shape index (κ2) is 14.6. The number of carboxylic acids is 3. The maximum absolute atomic E-state index is 9.45. The first-order chi connectivity index (χ1) is 5.29. The summed E-state index contributed by atoms with van der Waals surface area (Å²) in [4.78, 5) is 27.3. The second-order valence-corrected chi connectivity index (χ2v) is 1.59. The van der Waals surface area contributed by atoms with Crippen LogP contribution in [0.25, 0.3) is 0 Å². The molecular formula is C5H6K2O7. The van der Waals surface area contributed by atoms with E-state index in [1.54, 1.807) is 0 Å². The molecule has 0 heterocycles. The first-order valence-electron chi connectivity index (χ1n) is 2.62. The van der Waals surface area contributed by atoms with Crippen LogP contribution in [0.1, 0.15) is 6.92 Å². The van der Waals surface area contributed by atoms with Gasteiger partial charge in [0.15, 0.2) is 0 Å². The molecule has 1 unspecified atom stereocenters. The van der Waals surface area contributed by atoms with Gasteiger partial charge in [0.1, 0.15) is 6.10 Å². The van der Waals surface area contributed by atoms with E-state index in [-0.39, 0.29) is 103 Å². The molecule has 70 valence electrons. The van der Waals surface area contributed by atoms with Crippen LogP contribution in [0.2, 0.25) is 0 Å². The fourth-order valence-corrected chi connectivity index (χ4v) is 0. The number of aliphatic hydroxyl groups is 1. The Bertz CT molecular complexity index is 179. The SMILES string of the molecule is CC(O)C(=O)O.O=C([O-])C(=O)[O-].[K+].[K+]. The van der Waals surface area contributed by atoms with Crippen LogP contribution >= 0.6 is 0 Å². The average molecular weight is 256 g/mol. The molecule has 1 atom stereocenters. The van der Waals surface area contributed by atoms with Crippen molar-refractivity contribution in [3.05, 3.63) is 0 Å². The minimum Gasteiger partial charge on any atom is -0.543 e. The van der Waals surface area contributed by atoms with Crippen LogP contribution < -0.4 is 113 Å². The van der Waals surface area contributed by atoms with Gasteiger partial charge in [0.05, 0.1) is 11.9 Å². The Labute approximate surface area is 165 Å². The molecule has 0 aromatic rings. The average Bonchev–Trinajstić information content (AvgIpc) is 1.88. The van der Waals surface area contributed by atoms with Gasteiger partial charge >= 0.3 is 109 Å². The number of carboxylic acid groups (broad SMARTS) is 3. The summed E-state index contributed by atoms with van der Waals surface area (Å²) in [5.41, 5.74) is 0. The van der Waals surface area contributed by atoms with E-state index in [1.807, 2.05) is 0 Å². The zero-order valence-electron chi connectivity index (χ0n) is 8.01. The van der Waals surface area contributed by atoms with E-state index in [0.29, 0.717) is 0 Å². The summed E-state index contributed by atoms with van der Waals surface area (Å²) in [5, 5.41) is 33.6. The molecule has 7 nitrogen and oxygen atoms in total. The molecule has 9 heteroatoms. The molecule has 0 amide bonds. The second-order valence-electron chi connectivity index (χ2n) is 1.59. The molecule has 0 saturated heterocycles. The topological polar surface area (TPSA) is 138 Å². The van der Waals surface area contributed by atoms with Gasteiger partial charge in [0.2, 0.25) is 0 Å². The number of aliphatic hydroxyl groups excluding tert-OH is 1. The van der Waals surface area contributed by atoms with E-state index < -0.39 is 24.0 Å². The largest absolute Gasteiger partial charge is 1.00 e. The molecule has 0 spiro atoms. The maximum atomic E-state index is 9.45. The summed E-state index contributed by atoms with van der Waals surface area (Å²) in [6.45, 7) is 1.20. The van der Waals surface area contributed by atoms with E-state index in [9.17, 15) is 4.79 Å². The van der Waals surface area contributed by atoms with Gasteiger partial charge in [-0.15, -0.1) is 0 Å². The fourth-order valence-electron chi connectivity index (χ4n) is 0. The maximum Gasteiger partial charge on any atom is 1.00 e. The monoisotopic (exact) mass is 256 g/mol. The minimum absolute atomic E-state index is 0. The van der Waals surface area contributed by atoms with Crippen molar-refractivity contribution in [3.63, 3.8) is 0 Å². The van der Waals surface area contributed by atoms with Crippen molar-refractivity contribution in [2.24, 2.45) is 0 Å². The van der Waals surface area contributed by atoms with Gasteiger partial charge in [-0.1, -0.05) is 0 Å². The number of hydrogen-bond acceptors (Lipinski definition) is 6. The molecule has 0 aliphatic heterocycles. The van der Waals surface area contributed by atoms with Gasteiger partial charge in [0, 0.05) is 0 Å². The molecule has 0 bridgehead atoms. The van der Waals surface area contributed by atoms with Crippen molar-refractivity contribution in [1.29, 1.82) is 0 Å². The van der Waals surface area contributed by atoms with Crippen LogP contribution in [0.5, 0.6) is 0 Å². The van der Waals surface area contributed by atoms with Crippen molar-refractivity contribution in [2.45, 2.75) is 13.0 Å². The van der Waals surface area contributed by atoms with E-state index >= 15 is 0 Å². The third-order valence-electron chi connectivity index (χ3n) is 0.524. The van der Waals surface area contributed by atoms with Crippen LogP contribution in [0.15, 0.2) is 0 Å². The standard InChI is InChI=1S/C3H6O3.C2H2O4.2K/c1-2(4)3(5)6;3-1(4)2(5)6;;/h2,4H,1H3,(H,5,6);(H,3,4)(H,5,6);;/q;;2*+1/p-2. The molecule has 0 aliphatic rings. The van der Waals surface area contributed by atoms with Crippen LogP contribution in [0, 0.1) is 0 Å². The van der Waals surface area contributed by atoms with Gasteiger partial charge in [-0.05, 0) is 6.92 Å². The first kappa shape index (κ1) is 24.7. The first-order valence-corrected chi connectivity index (χ1v) is 2.62. The summed E-state index contributed by atoms with van der Waals surface area (Å²) in [6.07, 6.45) is -1.23. The number of rotatable bonds is 1. The zero-order chi connectivity index (χ0) is 10.3. The predicted octanol–water partition coefficient (Wildman–Crippen LogP) is -10.1. The molecule has 0 rings (SSSR count). The smallest absolute Gasteiger partial charge is 0.543 e. The van der Waals surface area contributed by atoms with Crippen LogP contribution in [0.4, 0.5) is 0 Å². The molecule has 0 aromatic carbocycles. The number of carbonyl (C=O) groups excluding carboxylic acids is 2. The zero-order valence-corrected chi connectivity index (χ0v) is 14.3. The number of hydrogen-bond donors (Lipinski definition) is 2. The van der Waals surface area contributed by atoms with Gasteiger partial charge in [-0.25, -0.2) is 4.79 Å². The van der Waals surface area contributed by atoms with E-state index in [0.717, 1.165) is 0 Å². The third kappa shape index (κ3) is 23.5. The van der Waals surface area contributed by atoms with Crippen LogP contribution in [-0.4, -0.2) is 34.2 Å². The Morgan fingerprint density at radius 2 is 1.21 bits per heavy atom. The Hall–Kier alpha value is 1.64. The summed E-state index contributed by atoms with van der Waals surface area (Å²) in [6, 6.07) is 0. The van der Waals surface area contributed by atoms with Gasteiger partial charge in [-0.3, -0.25) is 0 Å². The summed E-state index contributed by atoms with van der Waals surface area (Å²) < 4.78 is 0. The van der Waals surface area contributed by atoms with Gasteiger partial charge in [0.25, 0.3) is 0 Å². The Morgan fingerprint density at radius 3 is 1.21 bits per heavy atom. The van der Waals surface area contributed by atoms with Crippen molar-refractivity contribution >= 4 is 17.9 Å². The van der Waals surface area contributed by atoms with Gasteiger partial charge < -0.3 is 30.0 Å². The molecule has 2 N–H and O–H groups in total. The molecule has 0 aromatic heterocycles. The van der Waals surface area contributed by atoms with Crippen molar-refractivity contribution in [2.75, 3.05) is 0 Å². The molecule has 0 fully saturated rings. The van der Waals surface area contributed by atoms with Crippen molar-refractivity contribution in [1.82, 2.24) is 0 Å². The molecule has 0 radical (unpaired) electrons. The Balaban J connectivity index is -0.0000000625. The molecule has 14 heavy (non-hydrogen) atoms. The summed E-state index contributed by atoms with van der Waals surface area (Å²) in [5.74, 6) is -5.56. The summed E-state index contributed by atoms with van der Waals surface area (Å²) >= 11 is 0. The van der Waals surface area contributed by atoms with Gasteiger partial charge in [-0.2, -0.15) is 0 Å². The Kier molecular flexibility index (Phi) is 25.9.